The highest BCUT2D eigenvalue weighted by atomic mass is 79.9. The summed E-state index contributed by atoms with van der Waals surface area (Å²) >= 11 is 9.50. The molecule has 1 atom stereocenters. The molecule has 0 aliphatic rings. The van der Waals surface area contributed by atoms with Crippen LogP contribution in [0.4, 0.5) is 0 Å². The van der Waals surface area contributed by atoms with Crippen molar-refractivity contribution in [1.29, 1.82) is 0 Å². The van der Waals surface area contributed by atoms with Gasteiger partial charge in [-0.2, -0.15) is 0 Å². The lowest BCUT2D eigenvalue weighted by Crippen LogP contribution is -2.18. The number of nitrogens with zero attached hydrogens (tertiary/aromatic N) is 1. The van der Waals surface area contributed by atoms with Crippen molar-refractivity contribution in [1.82, 2.24) is 10.3 Å². The zero-order valence-corrected chi connectivity index (χ0v) is 12.4. The molecule has 0 saturated heterocycles. The molecule has 2 aromatic rings. The first-order chi connectivity index (χ1) is 8.66. The standard InChI is InChI=1S/C14H14BrClN2/c1-10(11-2-4-13(15)5-3-11)18-8-12-6-7-17-9-14(12)16/h2-7,9-10,18H,8H2,1H3. The van der Waals surface area contributed by atoms with Gasteiger partial charge in [-0.3, -0.25) is 4.98 Å². The molecule has 1 heterocycles. The van der Waals surface area contributed by atoms with E-state index in [1.54, 1.807) is 12.4 Å². The van der Waals surface area contributed by atoms with Crippen molar-refractivity contribution in [3.63, 3.8) is 0 Å². The Morgan fingerprint density at radius 2 is 2.00 bits per heavy atom. The summed E-state index contributed by atoms with van der Waals surface area (Å²) in [5.41, 5.74) is 2.32. The number of nitrogens with one attached hydrogen (secondary N) is 1. The fourth-order valence-corrected chi connectivity index (χ4v) is 2.13. The lowest BCUT2D eigenvalue weighted by atomic mass is 10.1. The maximum atomic E-state index is 6.07. The van der Waals surface area contributed by atoms with E-state index in [1.165, 1.54) is 5.56 Å². The van der Waals surface area contributed by atoms with E-state index >= 15 is 0 Å². The lowest BCUT2D eigenvalue weighted by Gasteiger charge is -2.15. The lowest BCUT2D eigenvalue weighted by molar-refractivity contribution is 0.574. The maximum absolute atomic E-state index is 6.07. The van der Waals surface area contributed by atoms with Gasteiger partial charge in [0.1, 0.15) is 0 Å². The molecule has 94 valence electrons. The van der Waals surface area contributed by atoms with Crippen LogP contribution in [-0.4, -0.2) is 4.98 Å². The van der Waals surface area contributed by atoms with Gasteiger partial charge in [0.05, 0.1) is 5.02 Å². The highest BCUT2D eigenvalue weighted by Crippen LogP contribution is 2.18. The van der Waals surface area contributed by atoms with Gasteiger partial charge in [0.25, 0.3) is 0 Å². The molecule has 2 nitrogen and oxygen atoms in total. The van der Waals surface area contributed by atoms with Crippen LogP contribution in [0.15, 0.2) is 47.2 Å². The molecule has 1 N–H and O–H groups in total. The van der Waals surface area contributed by atoms with E-state index < -0.39 is 0 Å². The Labute approximate surface area is 121 Å². The maximum Gasteiger partial charge on any atom is 0.0634 e. The number of hydrogen-bond acceptors (Lipinski definition) is 2. The zero-order valence-electron chi connectivity index (χ0n) is 10.0. The quantitative estimate of drug-likeness (QED) is 0.904. The smallest absolute Gasteiger partial charge is 0.0634 e. The van der Waals surface area contributed by atoms with E-state index in [0.717, 1.165) is 16.6 Å². The van der Waals surface area contributed by atoms with Gasteiger partial charge >= 0.3 is 0 Å². The topological polar surface area (TPSA) is 24.9 Å². The number of hydrogen-bond donors (Lipinski definition) is 1. The SMILES string of the molecule is CC(NCc1ccncc1Cl)c1ccc(Br)cc1. The monoisotopic (exact) mass is 324 g/mol. The average Bonchev–Trinajstić information content (AvgIpc) is 2.38. The van der Waals surface area contributed by atoms with E-state index in [4.69, 9.17) is 11.6 Å². The first-order valence-corrected chi connectivity index (χ1v) is 6.91. The Kier molecular flexibility index (Phi) is 4.75. The molecule has 0 aliphatic carbocycles. The summed E-state index contributed by atoms with van der Waals surface area (Å²) in [6, 6.07) is 10.5. The molecule has 0 radical (unpaired) electrons. The Morgan fingerprint density at radius 3 is 2.67 bits per heavy atom. The number of benzene rings is 1. The zero-order chi connectivity index (χ0) is 13.0. The van der Waals surface area contributed by atoms with Crippen molar-refractivity contribution in [3.05, 3.63) is 63.3 Å². The van der Waals surface area contributed by atoms with Gasteiger partial charge in [-0.25, -0.2) is 0 Å². The molecular weight excluding hydrogens is 312 g/mol. The average molecular weight is 326 g/mol. The van der Waals surface area contributed by atoms with Gasteiger partial charge in [0.2, 0.25) is 0 Å². The van der Waals surface area contributed by atoms with Crippen LogP contribution < -0.4 is 5.32 Å². The number of aromatic nitrogens is 1. The second-order valence-corrected chi connectivity index (χ2v) is 5.44. The van der Waals surface area contributed by atoms with E-state index in [2.05, 4.69) is 45.3 Å². The molecule has 1 unspecified atom stereocenters. The summed E-state index contributed by atoms with van der Waals surface area (Å²) in [5.74, 6) is 0. The van der Waals surface area contributed by atoms with Crippen molar-refractivity contribution in [3.8, 4) is 0 Å². The fourth-order valence-electron chi connectivity index (χ4n) is 1.68. The normalized spacial score (nSPS) is 12.4. The van der Waals surface area contributed by atoms with E-state index in [1.807, 2.05) is 18.2 Å². The molecule has 1 aromatic heterocycles. The number of pyridine rings is 1. The Hall–Kier alpha value is -0.900. The van der Waals surface area contributed by atoms with Crippen LogP contribution in [0.2, 0.25) is 5.02 Å². The minimum Gasteiger partial charge on any atom is -0.306 e. The summed E-state index contributed by atoms with van der Waals surface area (Å²) in [7, 11) is 0. The first kappa shape index (κ1) is 13.5. The molecule has 1 aromatic carbocycles. The molecule has 0 amide bonds. The van der Waals surface area contributed by atoms with Crippen LogP contribution in [-0.2, 0) is 6.54 Å². The van der Waals surface area contributed by atoms with Crippen LogP contribution in [0.1, 0.15) is 24.1 Å². The number of halogens is 2. The molecule has 0 bridgehead atoms. The van der Waals surface area contributed by atoms with Gasteiger partial charge < -0.3 is 5.32 Å². The van der Waals surface area contributed by atoms with Crippen LogP contribution in [0.3, 0.4) is 0 Å². The molecule has 4 heteroatoms. The van der Waals surface area contributed by atoms with Crippen LogP contribution in [0.25, 0.3) is 0 Å². The molecule has 2 rings (SSSR count). The van der Waals surface area contributed by atoms with E-state index in [-0.39, 0.29) is 6.04 Å². The largest absolute Gasteiger partial charge is 0.306 e. The Morgan fingerprint density at radius 1 is 1.28 bits per heavy atom. The Balaban J connectivity index is 1.98. The second kappa shape index (κ2) is 6.32. The van der Waals surface area contributed by atoms with Gasteiger partial charge in [0.15, 0.2) is 0 Å². The third-order valence-corrected chi connectivity index (χ3v) is 3.69. The highest BCUT2D eigenvalue weighted by molar-refractivity contribution is 9.10. The molecule has 0 saturated carbocycles. The highest BCUT2D eigenvalue weighted by Gasteiger charge is 2.06. The third kappa shape index (κ3) is 3.55. The Bertz CT molecular complexity index is 513. The molecule has 0 aliphatic heterocycles. The predicted molar refractivity (Wildman–Crippen MR) is 78.6 cm³/mol. The van der Waals surface area contributed by atoms with Crippen molar-refractivity contribution in [2.45, 2.75) is 19.5 Å². The second-order valence-electron chi connectivity index (χ2n) is 4.12. The fraction of sp³-hybridized carbons (Fsp3) is 0.214. The van der Waals surface area contributed by atoms with Gasteiger partial charge in [-0.1, -0.05) is 39.7 Å². The van der Waals surface area contributed by atoms with Crippen LogP contribution >= 0.6 is 27.5 Å². The molecule has 18 heavy (non-hydrogen) atoms. The summed E-state index contributed by atoms with van der Waals surface area (Å²) in [4.78, 5) is 3.97. The van der Waals surface area contributed by atoms with Crippen molar-refractivity contribution >= 4 is 27.5 Å². The van der Waals surface area contributed by atoms with Gasteiger partial charge in [-0.05, 0) is 36.2 Å². The number of rotatable bonds is 4. The van der Waals surface area contributed by atoms with E-state index in [0.29, 0.717) is 5.02 Å². The van der Waals surface area contributed by atoms with Gasteiger partial charge in [-0.15, -0.1) is 0 Å². The van der Waals surface area contributed by atoms with Crippen molar-refractivity contribution in [2.75, 3.05) is 0 Å². The predicted octanol–water partition coefficient (Wildman–Crippen LogP) is 4.35. The van der Waals surface area contributed by atoms with Crippen LogP contribution in [0, 0.1) is 0 Å². The van der Waals surface area contributed by atoms with Crippen molar-refractivity contribution in [2.24, 2.45) is 0 Å². The van der Waals surface area contributed by atoms with Gasteiger partial charge in [0, 0.05) is 29.5 Å². The van der Waals surface area contributed by atoms with Crippen molar-refractivity contribution < 1.29 is 0 Å². The summed E-state index contributed by atoms with van der Waals surface area (Å²) in [6.07, 6.45) is 3.43. The molecule has 0 fully saturated rings. The molecule has 0 spiro atoms. The minimum absolute atomic E-state index is 0.280. The summed E-state index contributed by atoms with van der Waals surface area (Å²) in [6.45, 7) is 2.87. The molecular formula is C14H14BrClN2. The van der Waals surface area contributed by atoms with E-state index in [9.17, 15) is 0 Å². The third-order valence-electron chi connectivity index (χ3n) is 2.83. The summed E-state index contributed by atoms with van der Waals surface area (Å²) in [5, 5.41) is 4.15. The summed E-state index contributed by atoms with van der Waals surface area (Å²) < 4.78 is 1.09. The van der Waals surface area contributed by atoms with Crippen LogP contribution in [0.5, 0.6) is 0 Å². The minimum atomic E-state index is 0.280. The first-order valence-electron chi connectivity index (χ1n) is 5.74.